The number of nitrogens with two attached hydrogens (primary N) is 1. The Hall–Kier alpha value is -3.92. The Morgan fingerprint density at radius 1 is 1.11 bits per heavy atom. The topological polar surface area (TPSA) is 115 Å². The first-order chi connectivity index (χ1) is 21.4. The standard InChI is InChI=1S/C33H30F3N3O4S2/c34-26-15-23(8-9-30(26)45(37,42)43)18-39-28(17-25(29(39)16-22-6-7-22)31-38-27(19-44-31)32(40)41)24-3-1-2-21(14-24)5-4-20-10-12-33(35,36)13-11-20/h1-3,8-9,14-15,17,19-20,22H,6-7,10-13,16,18H2,(H,40,41)(H2,37,42,43). The highest BCUT2D eigenvalue weighted by Crippen LogP contribution is 2.41. The van der Waals surface area contributed by atoms with Gasteiger partial charge in [-0.1, -0.05) is 30.0 Å². The van der Waals surface area contributed by atoms with E-state index >= 15 is 0 Å². The van der Waals surface area contributed by atoms with Crippen LogP contribution in [0.5, 0.6) is 0 Å². The van der Waals surface area contributed by atoms with E-state index in [1.165, 1.54) is 22.8 Å². The van der Waals surface area contributed by atoms with Crippen molar-refractivity contribution in [1.82, 2.24) is 9.55 Å². The lowest BCUT2D eigenvalue weighted by atomic mass is 9.87. The normalized spacial score (nSPS) is 16.7. The zero-order valence-electron chi connectivity index (χ0n) is 24.1. The molecule has 2 aromatic heterocycles. The van der Waals surface area contributed by atoms with Gasteiger partial charge < -0.3 is 9.67 Å². The maximum absolute atomic E-state index is 14.9. The molecule has 2 heterocycles. The Labute approximate surface area is 263 Å². The van der Waals surface area contributed by atoms with Gasteiger partial charge in [-0.3, -0.25) is 0 Å². The molecule has 6 rings (SSSR count). The van der Waals surface area contributed by atoms with E-state index in [1.54, 1.807) is 0 Å². The summed E-state index contributed by atoms with van der Waals surface area (Å²) < 4.78 is 67.8. The summed E-state index contributed by atoms with van der Waals surface area (Å²) in [5, 5.41) is 16.7. The van der Waals surface area contributed by atoms with E-state index in [0.717, 1.165) is 47.5 Å². The fourth-order valence-corrected chi connectivity index (χ4v) is 7.11. The fourth-order valence-electron chi connectivity index (χ4n) is 5.69. The summed E-state index contributed by atoms with van der Waals surface area (Å²) in [5.74, 6) is 1.97. The van der Waals surface area contributed by atoms with Crippen molar-refractivity contribution in [2.24, 2.45) is 17.0 Å². The molecule has 0 atom stereocenters. The van der Waals surface area contributed by atoms with Gasteiger partial charge >= 0.3 is 5.97 Å². The van der Waals surface area contributed by atoms with Gasteiger partial charge in [0.05, 0.1) is 0 Å². The minimum Gasteiger partial charge on any atom is -0.476 e. The number of benzene rings is 2. The van der Waals surface area contributed by atoms with Crippen molar-refractivity contribution < 1.29 is 31.5 Å². The van der Waals surface area contributed by atoms with Crippen LogP contribution in [-0.4, -0.2) is 35.0 Å². The molecule has 2 aromatic carbocycles. The van der Waals surface area contributed by atoms with E-state index in [2.05, 4.69) is 16.8 Å². The van der Waals surface area contributed by atoms with Crippen LogP contribution in [0.15, 0.2) is 58.8 Å². The van der Waals surface area contributed by atoms with Crippen molar-refractivity contribution in [2.45, 2.75) is 62.3 Å². The molecular weight excluding hydrogens is 624 g/mol. The molecule has 2 saturated carbocycles. The quantitative estimate of drug-likeness (QED) is 0.200. The molecule has 0 unspecified atom stereocenters. The highest BCUT2D eigenvalue weighted by atomic mass is 32.2. The Morgan fingerprint density at radius 3 is 2.51 bits per heavy atom. The highest BCUT2D eigenvalue weighted by molar-refractivity contribution is 7.89. The number of hydrogen-bond donors (Lipinski definition) is 2. The zero-order valence-corrected chi connectivity index (χ0v) is 25.7. The number of aromatic carboxylic acids is 1. The van der Waals surface area contributed by atoms with Crippen molar-refractivity contribution in [3.8, 4) is 33.7 Å². The molecule has 7 nitrogen and oxygen atoms in total. The number of carbonyl (C=O) groups is 1. The fraction of sp³-hybridized carbons (Fsp3) is 0.333. The minimum absolute atomic E-state index is 0.0555. The van der Waals surface area contributed by atoms with Gasteiger partial charge in [0.25, 0.3) is 0 Å². The van der Waals surface area contributed by atoms with E-state index in [4.69, 9.17) is 5.14 Å². The van der Waals surface area contributed by atoms with Crippen molar-refractivity contribution in [2.75, 3.05) is 0 Å². The molecule has 0 saturated heterocycles. The molecule has 2 aliphatic carbocycles. The highest BCUT2D eigenvalue weighted by Gasteiger charge is 2.34. The predicted octanol–water partition coefficient (Wildman–Crippen LogP) is 6.94. The van der Waals surface area contributed by atoms with E-state index in [9.17, 15) is 31.5 Å². The Kier molecular flexibility index (Phi) is 8.37. The molecule has 234 valence electrons. The van der Waals surface area contributed by atoms with Crippen molar-refractivity contribution in [1.29, 1.82) is 0 Å². The summed E-state index contributed by atoms with van der Waals surface area (Å²) in [7, 11) is -4.24. The van der Waals surface area contributed by atoms with Gasteiger partial charge in [0.15, 0.2) is 5.69 Å². The number of carboxylic acids is 1. The average molecular weight is 654 g/mol. The number of carboxylic acid groups (broad SMARTS) is 1. The number of thiazole rings is 1. The molecule has 0 aliphatic heterocycles. The van der Waals surface area contributed by atoms with Gasteiger partial charge in [-0.25, -0.2) is 36.5 Å². The molecule has 0 radical (unpaired) electrons. The number of primary sulfonamides is 1. The summed E-state index contributed by atoms with van der Waals surface area (Å²) in [4.78, 5) is 15.4. The van der Waals surface area contributed by atoms with Crippen LogP contribution in [0.3, 0.4) is 0 Å². The SMILES string of the molecule is NS(=O)(=O)c1ccc(Cn2c(-c3cccc(C#CC4CCC(F)(F)CC4)c3)cc(-c3nc(C(=O)O)cs3)c2CC2CC2)cc1F. The third kappa shape index (κ3) is 7.16. The molecule has 2 aliphatic rings. The second-order valence-corrected chi connectivity index (χ2v) is 14.1. The van der Waals surface area contributed by atoms with Crippen LogP contribution in [0, 0.1) is 29.5 Å². The number of halogens is 3. The van der Waals surface area contributed by atoms with E-state index in [0.29, 0.717) is 41.3 Å². The van der Waals surface area contributed by atoms with Gasteiger partial charge in [0.1, 0.15) is 15.7 Å². The molecule has 12 heteroatoms. The Bertz CT molecular complexity index is 1940. The lowest BCUT2D eigenvalue weighted by Gasteiger charge is -2.24. The van der Waals surface area contributed by atoms with Crippen molar-refractivity contribution in [3.05, 3.63) is 82.2 Å². The van der Waals surface area contributed by atoms with E-state index < -0.39 is 32.6 Å². The smallest absolute Gasteiger partial charge is 0.355 e. The van der Waals surface area contributed by atoms with Crippen LogP contribution in [0.25, 0.3) is 21.8 Å². The van der Waals surface area contributed by atoms with Crippen LogP contribution in [-0.2, 0) is 23.0 Å². The van der Waals surface area contributed by atoms with Crippen LogP contribution in [0.2, 0.25) is 0 Å². The first-order valence-corrected chi connectivity index (χ1v) is 17.0. The monoisotopic (exact) mass is 653 g/mol. The number of sulfonamides is 1. The van der Waals surface area contributed by atoms with Crippen molar-refractivity contribution >= 4 is 27.3 Å². The molecule has 4 aromatic rings. The predicted molar refractivity (Wildman–Crippen MR) is 165 cm³/mol. The average Bonchev–Trinajstić information content (AvgIpc) is 3.54. The number of hydrogen-bond acceptors (Lipinski definition) is 5. The first-order valence-electron chi connectivity index (χ1n) is 14.6. The largest absolute Gasteiger partial charge is 0.476 e. The lowest BCUT2D eigenvalue weighted by Crippen LogP contribution is -2.23. The molecule has 0 bridgehead atoms. The summed E-state index contributed by atoms with van der Waals surface area (Å²) in [6, 6.07) is 13.3. The number of rotatable bonds is 8. The molecule has 0 spiro atoms. The summed E-state index contributed by atoms with van der Waals surface area (Å²) in [6.07, 6.45) is 3.17. The molecule has 45 heavy (non-hydrogen) atoms. The molecule has 2 fully saturated rings. The second-order valence-electron chi connectivity index (χ2n) is 11.8. The van der Waals surface area contributed by atoms with Gasteiger partial charge in [0.2, 0.25) is 15.9 Å². The molecule has 0 amide bonds. The minimum atomic E-state index is -4.24. The Morgan fingerprint density at radius 2 is 1.87 bits per heavy atom. The Balaban J connectivity index is 1.43. The van der Waals surface area contributed by atoms with Crippen LogP contribution < -0.4 is 5.14 Å². The van der Waals surface area contributed by atoms with Crippen LogP contribution in [0.1, 0.15) is 65.8 Å². The number of alkyl halides is 2. The van der Waals surface area contributed by atoms with E-state index in [-0.39, 0.29) is 31.0 Å². The number of nitrogens with zero attached hydrogens (tertiary/aromatic N) is 2. The summed E-state index contributed by atoms with van der Waals surface area (Å²) >= 11 is 1.23. The number of aromatic nitrogens is 2. The maximum Gasteiger partial charge on any atom is 0.355 e. The lowest BCUT2D eigenvalue weighted by molar-refractivity contribution is -0.0402. The zero-order chi connectivity index (χ0) is 31.9. The first kappa shape index (κ1) is 31.1. The van der Waals surface area contributed by atoms with Gasteiger partial charge in [-0.15, -0.1) is 11.3 Å². The third-order valence-corrected chi connectivity index (χ3v) is 10.1. The van der Waals surface area contributed by atoms with Gasteiger partial charge in [-0.05, 0) is 79.5 Å². The second kappa shape index (κ2) is 12.1. The summed E-state index contributed by atoms with van der Waals surface area (Å²) in [6.45, 7) is 0.197. The van der Waals surface area contributed by atoms with Crippen LogP contribution in [0.4, 0.5) is 13.2 Å². The van der Waals surface area contributed by atoms with Crippen LogP contribution >= 0.6 is 11.3 Å². The van der Waals surface area contributed by atoms with Gasteiger partial charge in [-0.2, -0.15) is 0 Å². The van der Waals surface area contributed by atoms with Crippen molar-refractivity contribution in [3.63, 3.8) is 0 Å². The maximum atomic E-state index is 14.9. The third-order valence-electron chi connectivity index (χ3n) is 8.28. The molecule has 3 N–H and O–H groups in total. The molecular formula is C33H30F3N3O4S2. The van der Waals surface area contributed by atoms with E-state index in [1.807, 2.05) is 34.9 Å². The van der Waals surface area contributed by atoms with Gasteiger partial charge in [0, 0.05) is 53.2 Å². The summed E-state index contributed by atoms with van der Waals surface area (Å²) in [5.41, 5.74) is 4.43.